The van der Waals surface area contributed by atoms with Crippen molar-refractivity contribution < 1.29 is 19.1 Å². The molecule has 1 aromatic heterocycles. The molecule has 0 radical (unpaired) electrons. The minimum absolute atomic E-state index is 0.0478. The lowest BCUT2D eigenvalue weighted by Crippen LogP contribution is -2.14. The fourth-order valence-electron chi connectivity index (χ4n) is 2.65. The Bertz CT molecular complexity index is 1040. The van der Waals surface area contributed by atoms with Gasteiger partial charge >= 0.3 is 5.97 Å². The van der Waals surface area contributed by atoms with Gasteiger partial charge in [-0.2, -0.15) is 5.10 Å². The molecule has 3 aromatic rings. The maximum Gasteiger partial charge on any atom is 0.360 e. The van der Waals surface area contributed by atoms with Crippen LogP contribution in [-0.4, -0.2) is 28.8 Å². The number of esters is 1. The van der Waals surface area contributed by atoms with Crippen LogP contribution in [0.25, 0.3) is 0 Å². The second kappa shape index (κ2) is 8.79. The lowest BCUT2D eigenvalue weighted by atomic mass is 10.1. The summed E-state index contributed by atoms with van der Waals surface area (Å²) in [7, 11) is 2.91. The van der Waals surface area contributed by atoms with Crippen LogP contribution in [0.5, 0.6) is 5.75 Å². The number of rotatable bonds is 6. The van der Waals surface area contributed by atoms with Gasteiger partial charge in [0, 0.05) is 23.8 Å². The summed E-state index contributed by atoms with van der Waals surface area (Å²) in [6, 6.07) is 12.5. The molecule has 1 heterocycles. The van der Waals surface area contributed by atoms with E-state index in [0.29, 0.717) is 17.2 Å². The number of hydrogen-bond donors (Lipinski definition) is 1. The molecular weight excluding hydrogens is 394 g/mol. The van der Waals surface area contributed by atoms with E-state index in [-0.39, 0.29) is 17.3 Å². The third-order valence-electron chi connectivity index (χ3n) is 4.21. The topological polar surface area (TPSA) is 82.5 Å². The Balaban J connectivity index is 1.64. The molecule has 0 saturated carbocycles. The van der Waals surface area contributed by atoms with Gasteiger partial charge in [0.25, 0.3) is 5.91 Å². The number of benzene rings is 2. The Hall–Kier alpha value is -3.32. The van der Waals surface area contributed by atoms with Crippen molar-refractivity contribution in [2.75, 3.05) is 12.4 Å². The highest BCUT2D eigenvalue weighted by Crippen LogP contribution is 2.22. The van der Waals surface area contributed by atoms with E-state index in [2.05, 4.69) is 15.2 Å². The number of carbonyl (C=O) groups is 2. The van der Waals surface area contributed by atoms with Gasteiger partial charge in [-0.05, 0) is 48.4 Å². The summed E-state index contributed by atoms with van der Waals surface area (Å²) >= 11 is 6.02. The van der Waals surface area contributed by atoms with Gasteiger partial charge in [-0.1, -0.05) is 23.7 Å². The average Bonchev–Trinajstić information content (AvgIpc) is 3.08. The fraction of sp³-hybridized carbons (Fsp3) is 0.190. The van der Waals surface area contributed by atoms with Crippen molar-refractivity contribution in [1.82, 2.24) is 9.78 Å². The quantitative estimate of drug-likeness (QED) is 0.617. The summed E-state index contributed by atoms with van der Waals surface area (Å²) in [6.07, 6.45) is 1.54. The molecule has 0 atom stereocenters. The molecule has 0 aliphatic rings. The molecular formula is C21H20ClN3O4. The smallest absolute Gasteiger partial charge is 0.360 e. The third kappa shape index (κ3) is 4.94. The third-order valence-corrected chi connectivity index (χ3v) is 4.63. The Morgan fingerprint density at radius 2 is 1.90 bits per heavy atom. The molecule has 0 spiro atoms. The van der Waals surface area contributed by atoms with E-state index >= 15 is 0 Å². The summed E-state index contributed by atoms with van der Waals surface area (Å²) in [6.45, 7) is 2.27. The lowest BCUT2D eigenvalue weighted by Gasteiger charge is -2.09. The van der Waals surface area contributed by atoms with Gasteiger partial charge in [0.1, 0.15) is 12.4 Å². The molecule has 1 N–H and O–H groups in total. The zero-order valence-corrected chi connectivity index (χ0v) is 17.0. The van der Waals surface area contributed by atoms with Crippen molar-refractivity contribution in [2.45, 2.75) is 13.5 Å². The van der Waals surface area contributed by atoms with Crippen LogP contribution in [0.15, 0.2) is 48.7 Å². The van der Waals surface area contributed by atoms with Crippen LogP contribution < -0.4 is 10.1 Å². The first-order chi connectivity index (χ1) is 13.9. The fourth-order valence-corrected chi connectivity index (χ4v) is 2.77. The van der Waals surface area contributed by atoms with Crippen LogP contribution in [0.1, 0.15) is 32.0 Å². The highest BCUT2D eigenvalue weighted by molar-refractivity contribution is 6.31. The average molecular weight is 414 g/mol. The molecule has 0 aliphatic carbocycles. The Labute approximate surface area is 173 Å². The number of methoxy groups -OCH3 is 1. The van der Waals surface area contributed by atoms with Crippen LogP contribution in [0.2, 0.25) is 5.02 Å². The highest BCUT2D eigenvalue weighted by Gasteiger charge is 2.19. The minimum Gasteiger partial charge on any atom is -0.489 e. The van der Waals surface area contributed by atoms with Crippen LogP contribution in [-0.2, 0) is 18.4 Å². The van der Waals surface area contributed by atoms with Crippen molar-refractivity contribution in [1.29, 1.82) is 0 Å². The van der Waals surface area contributed by atoms with Crippen LogP contribution in [0, 0.1) is 6.92 Å². The van der Waals surface area contributed by atoms with Crippen LogP contribution in [0.3, 0.4) is 0 Å². The van der Waals surface area contributed by atoms with Crippen molar-refractivity contribution in [3.05, 3.63) is 76.1 Å². The van der Waals surface area contributed by atoms with E-state index < -0.39 is 5.97 Å². The van der Waals surface area contributed by atoms with E-state index in [4.69, 9.17) is 16.3 Å². The van der Waals surface area contributed by atoms with E-state index in [0.717, 1.165) is 16.9 Å². The molecule has 3 rings (SSSR count). The van der Waals surface area contributed by atoms with Crippen molar-refractivity contribution in [3.63, 3.8) is 0 Å². The summed E-state index contributed by atoms with van der Waals surface area (Å²) in [4.78, 5) is 24.3. The second-order valence-electron chi connectivity index (χ2n) is 6.41. The first kappa shape index (κ1) is 20.4. The standard InChI is InChI=1S/C21H20ClN3O4/c1-13-10-16(8-9-17(13)22)29-12-14-4-6-15(7-5-14)20(26)23-18-11-25(2)24-19(18)21(27)28-3/h4-11H,12H2,1-3H3,(H,23,26). The van der Waals surface area contributed by atoms with E-state index in [1.807, 2.05) is 31.2 Å². The van der Waals surface area contributed by atoms with Gasteiger partial charge in [0.2, 0.25) is 0 Å². The molecule has 0 unspecified atom stereocenters. The number of nitrogens with zero attached hydrogens (tertiary/aromatic N) is 2. The molecule has 0 saturated heterocycles. The number of carbonyl (C=O) groups excluding carboxylic acids is 2. The summed E-state index contributed by atoms with van der Waals surface area (Å²) in [5, 5.41) is 7.39. The zero-order valence-electron chi connectivity index (χ0n) is 16.2. The Morgan fingerprint density at radius 1 is 1.17 bits per heavy atom. The molecule has 8 heteroatoms. The molecule has 1 amide bonds. The van der Waals surface area contributed by atoms with Gasteiger partial charge in [-0.15, -0.1) is 0 Å². The monoisotopic (exact) mass is 413 g/mol. The second-order valence-corrected chi connectivity index (χ2v) is 6.81. The SMILES string of the molecule is COC(=O)c1nn(C)cc1NC(=O)c1ccc(COc2ccc(Cl)c(C)c2)cc1. The summed E-state index contributed by atoms with van der Waals surface area (Å²) in [5.41, 5.74) is 2.63. The summed E-state index contributed by atoms with van der Waals surface area (Å²) in [5.74, 6) is -0.254. The predicted octanol–water partition coefficient (Wildman–Crippen LogP) is 4.00. The lowest BCUT2D eigenvalue weighted by molar-refractivity contribution is 0.0594. The molecule has 0 bridgehead atoms. The van der Waals surface area contributed by atoms with E-state index in [1.54, 1.807) is 31.4 Å². The molecule has 0 fully saturated rings. The van der Waals surface area contributed by atoms with Crippen LogP contribution >= 0.6 is 11.6 Å². The number of amides is 1. The first-order valence-electron chi connectivity index (χ1n) is 8.78. The van der Waals surface area contributed by atoms with Crippen molar-refractivity contribution in [2.24, 2.45) is 7.05 Å². The van der Waals surface area contributed by atoms with Crippen molar-refractivity contribution in [3.8, 4) is 5.75 Å². The van der Waals surface area contributed by atoms with Gasteiger partial charge in [0.15, 0.2) is 5.69 Å². The highest BCUT2D eigenvalue weighted by atomic mass is 35.5. The van der Waals surface area contributed by atoms with Gasteiger partial charge in [-0.3, -0.25) is 9.48 Å². The Kier molecular flexibility index (Phi) is 6.19. The number of anilines is 1. The molecule has 7 nitrogen and oxygen atoms in total. The Morgan fingerprint density at radius 3 is 2.55 bits per heavy atom. The van der Waals surface area contributed by atoms with Crippen LogP contribution in [0.4, 0.5) is 5.69 Å². The largest absolute Gasteiger partial charge is 0.489 e. The van der Waals surface area contributed by atoms with Crippen molar-refractivity contribution >= 4 is 29.2 Å². The number of ether oxygens (including phenoxy) is 2. The summed E-state index contributed by atoms with van der Waals surface area (Å²) < 4.78 is 11.9. The maximum absolute atomic E-state index is 12.5. The number of nitrogens with one attached hydrogen (secondary N) is 1. The maximum atomic E-state index is 12.5. The van der Waals surface area contributed by atoms with E-state index in [1.165, 1.54) is 11.8 Å². The minimum atomic E-state index is -0.620. The molecule has 2 aromatic carbocycles. The predicted molar refractivity (Wildman–Crippen MR) is 109 cm³/mol. The number of hydrogen-bond acceptors (Lipinski definition) is 5. The number of aryl methyl sites for hydroxylation is 2. The van der Waals surface area contributed by atoms with Gasteiger partial charge in [0.05, 0.1) is 12.8 Å². The first-order valence-corrected chi connectivity index (χ1v) is 9.16. The molecule has 150 valence electrons. The van der Waals surface area contributed by atoms with Gasteiger partial charge in [-0.25, -0.2) is 4.79 Å². The molecule has 29 heavy (non-hydrogen) atoms. The molecule has 0 aliphatic heterocycles. The number of aromatic nitrogens is 2. The van der Waals surface area contributed by atoms with Gasteiger partial charge < -0.3 is 14.8 Å². The van der Waals surface area contributed by atoms with E-state index in [9.17, 15) is 9.59 Å². The zero-order chi connectivity index (χ0) is 21.0. The normalized spacial score (nSPS) is 10.5. The number of halogens is 1.